The highest BCUT2D eigenvalue weighted by molar-refractivity contribution is 8.00. The zero-order valence-corrected chi connectivity index (χ0v) is 15.2. The van der Waals surface area contributed by atoms with Gasteiger partial charge < -0.3 is 5.32 Å². The van der Waals surface area contributed by atoms with Crippen LogP contribution in [-0.4, -0.2) is 31.9 Å². The third-order valence-electron chi connectivity index (χ3n) is 3.26. The maximum absolute atomic E-state index is 12.4. The Hall–Kier alpha value is -1.32. The van der Waals surface area contributed by atoms with E-state index in [1.165, 1.54) is 23.1 Å². The SMILES string of the molecule is CCn1c(SCC(=O)Nc2nc(C)cs2)nc2c(c1=O)SCC2. The lowest BCUT2D eigenvalue weighted by Crippen LogP contribution is -2.25. The fourth-order valence-corrected chi connectivity index (χ4v) is 4.84. The number of fused-ring (bicyclic) bond motifs is 1. The number of rotatable bonds is 5. The summed E-state index contributed by atoms with van der Waals surface area (Å²) in [4.78, 5) is 34.0. The first-order chi connectivity index (χ1) is 11.1. The highest BCUT2D eigenvalue weighted by Gasteiger charge is 2.21. The summed E-state index contributed by atoms with van der Waals surface area (Å²) in [6.07, 6.45) is 0.817. The topological polar surface area (TPSA) is 76.9 Å². The Morgan fingerprint density at radius 2 is 2.30 bits per heavy atom. The Balaban J connectivity index is 1.71. The van der Waals surface area contributed by atoms with Crippen molar-refractivity contribution >= 4 is 45.9 Å². The van der Waals surface area contributed by atoms with Crippen molar-refractivity contribution in [2.24, 2.45) is 0 Å². The summed E-state index contributed by atoms with van der Waals surface area (Å²) in [6, 6.07) is 0. The minimum Gasteiger partial charge on any atom is -0.301 e. The smallest absolute Gasteiger partial charge is 0.268 e. The van der Waals surface area contributed by atoms with Gasteiger partial charge in [-0.3, -0.25) is 14.2 Å². The summed E-state index contributed by atoms with van der Waals surface area (Å²) >= 11 is 4.26. The lowest BCUT2D eigenvalue weighted by molar-refractivity contribution is -0.113. The van der Waals surface area contributed by atoms with Crippen molar-refractivity contribution in [2.75, 3.05) is 16.8 Å². The number of thioether (sulfide) groups is 2. The predicted octanol–water partition coefficient (Wildman–Crippen LogP) is 2.41. The molecule has 2 aromatic heterocycles. The second-order valence-corrected chi connectivity index (χ2v) is 7.85. The first kappa shape index (κ1) is 16.5. The van der Waals surface area contributed by atoms with Crippen LogP contribution in [0.25, 0.3) is 0 Å². The van der Waals surface area contributed by atoms with Gasteiger partial charge in [0.1, 0.15) is 0 Å². The molecule has 122 valence electrons. The lowest BCUT2D eigenvalue weighted by Gasteiger charge is -2.11. The Morgan fingerprint density at radius 1 is 1.48 bits per heavy atom. The third kappa shape index (κ3) is 3.61. The Bertz CT molecular complexity index is 800. The Morgan fingerprint density at radius 3 is 3.00 bits per heavy atom. The molecule has 3 heterocycles. The van der Waals surface area contributed by atoms with Gasteiger partial charge in [-0.05, 0) is 13.8 Å². The molecular weight excluding hydrogens is 352 g/mol. The number of anilines is 1. The number of carbonyl (C=O) groups excluding carboxylic acids is 1. The van der Waals surface area contributed by atoms with Crippen LogP contribution < -0.4 is 10.9 Å². The van der Waals surface area contributed by atoms with Gasteiger partial charge in [0, 0.05) is 24.1 Å². The summed E-state index contributed by atoms with van der Waals surface area (Å²) in [5, 5.41) is 5.86. The van der Waals surface area contributed by atoms with Crippen molar-refractivity contribution in [1.82, 2.24) is 14.5 Å². The van der Waals surface area contributed by atoms with Crippen molar-refractivity contribution < 1.29 is 4.79 Å². The van der Waals surface area contributed by atoms with Gasteiger partial charge in [-0.2, -0.15) is 0 Å². The van der Waals surface area contributed by atoms with Crippen LogP contribution in [0.5, 0.6) is 0 Å². The first-order valence-corrected chi connectivity index (χ1v) is 10.0. The van der Waals surface area contributed by atoms with Gasteiger partial charge in [-0.1, -0.05) is 11.8 Å². The van der Waals surface area contributed by atoms with Gasteiger partial charge in [0.2, 0.25) is 5.91 Å². The molecule has 1 aliphatic rings. The van der Waals surface area contributed by atoms with Crippen LogP contribution >= 0.6 is 34.9 Å². The van der Waals surface area contributed by atoms with E-state index >= 15 is 0 Å². The predicted molar refractivity (Wildman–Crippen MR) is 94.8 cm³/mol. The number of aromatic nitrogens is 3. The maximum atomic E-state index is 12.4. The van der Waals surface area contributed by atoms with E-state index in [1.54, 1.807) is 16.3 Å². The zero-order valence-electron chi connectivity index (χ0n) is 12.8. The molecule has 1 aliphatic heterocycles. The van der Waals surface area contributed by atoms with Crippen molar-refractivity contribution in [2.45, 2.75) is 36.9 Å². The number of thiazole rings is 1. The summed E-state index contributed by atoms with van der Waals surface area (Å²) < 4.78 is 1.64. The highest BCUT2D eigenvalue weighted by Crippen LogP contribution is 2.28. The monoisotopic (exact) mass is 368 g/mol. The second kappa shape index (κ2) is 7.06. The quantitative estimate of drug-likeness (QED) is 0.645. The lowest BCUT2D eigenvalue weighted by atomic mass is 10.3. The van der Waals surface area contributed by atoms with E-state index in [2.05, 4.69) is 15.3 Å². The summed E-state index contributed by atoms with van der Waals surface area (Å²) in [5.74, 6) is 0.965. The minimum absolute atomic E-state index is 0.0125. The second-order valence-electron chi connectivity index (χ2n) is 4.95. The molecule has 0 saturated heterocycles. The molecule has 0 atom stereocenters. The number of aryl methyl sites for hydroxylation is 2. The Labute approximate surface area is 146 Å². The maximum Gasteiger partial charge on any atom is 0.268 e. The number of hydrogen-bond acceptors (Lipinski definition) is 7. The zero-order chi connectivity index (χ0) is 16.4. The highest BCUT2D eigenvalue weighted by atomic mass is 32.2. The van der Waals surface area contributed by atoms with E-state index in [4.69, 9.17) is 0 Å². The van der Waals surface area contributed by atoms with E-state index in [0.29, 0.717) is 16.8 Å². The number of carbonyl (C=O) groups is 1. The average Bonchev–Trinajstić information content (AvgIpc) is 3.14. The summed E-state index contributed by atoms with van der Waals surface area (Å²) in [6.45, 7) is 4.35. The van der Waals surface area contributed by atoms with Gasteiger partial charge in [-0.25, -0.2) is 9.97 Å². The van der Waals surface area contributed by atoms with E-state index in [9.17, 15) is 9.59 Å². The third-order valence-corrected chi connectivity index (χ3v) is 6.22. The van der Waals surface area contributed by atoms with Gasteiger partial charge in [0.05, 0.1) is 22.0 Å². The normalized spacial score (nSPS) is 13.1. The van der Waals surface area contributed by atoms with E-state index in [0.717, 1.165) is 28.5 Å². The van der Waals surface area contributed by atoms with Gasteiger partial charge in [0.25, 0.3) is 5.56 Å². The fourth-order valence-electron chi connectivity index (χ4n) is 2.21. The molecule has 0 spiro atoms. The molecule has 0 radical (unpaired) electrons. The number of nitrogens with zero attached hydrogens (tertiary/aromatic N) is 3. The van der Waals surface area contributed by atoms with Crippen LogP contribution in [-0.2, 0) is 17.8 Å². The van der Waals surface area contributed by atoms with Crippen LogP contribution in [0.3, 0.4) is 0 Å². The van der Waals surface area contributed by atoms with E-state index in [-0.39, 0.29) is 17.2 Å². The van der Waals surface area contributed by atoms with E-state index < -0.39 is 0 Å². The Kier molecular flexibility index (Phi) is 5.08. The van der Waals surface area contributed by atoms with Crippen LogP contribution in [0.1, 0.15) is 18.3 Å². The standard InChI is InChI=1S/C14H16N4O2S3/c1-3-18-12(20)11-9(4-5-21-11)16-14(18)23-7-10(19)17-13-15-8(2)6-22-13/h6H,3-5,7H2,1-2H3,(H,15,17,19). The molecule has 0 saturated carbocycles. The molecule has 0 bridgehead atoms. The molecule has 1 amide bonds. The molecule has 3 rings (SSSR count). The number of hydrogen-bond donors (Lipinski definition) is 1. The minimum atomic E-state index is -0.142. The van der Waals surface area contributed by atoms with Gasteiger partial charge in [-0.15, -0.1) is 23.1 Å². The van der Waals surface area contributed by atoms with Crippen molar-refractivity contribution in [3.05, 3.63) is 27.1 Å². The van der Waals surface area contributed by atoms with Crippen LogP contribution in [0.2, 0.25) is 0 Å². The summed E-state index contributed by atoms with van der Waals surface area (Å²) in [5.41, 5.74) is 1.76. The first-order valence-electron chi connectivity index (χ1n) is 7.19. The molecule has 0 fully saturated rings. The molecule has 1 N–H and O–H groups in total. The fraction of sp³-hybridized carbons (Fsp3) is 0.429. The van der Waals surface area contributed by atoms with Crippen molar-refractivity contribution in [1.29, 1.82) is 0 Å². The van der Waals surface area contributed by atoms with E-state index in [1.807, 2.05) is 19.2 Å². The summed E-state index contributed by atoms with van der Waals surface area (Å²) in [7, 11) is 0. The molecule has 2 aromatic rings. The van der Waals surface area contributed by atoms with Crippen LogP contribution in [0.15, 0.2) is 20.2 Å². The number of amides is 1. The van der Waals surface area contributed by atoms with Gasteiger partial charge >= 0.3 is 0 Å². The average molecular weight is 369 g/mol. The van der Waals surface area contributed by atoms with Crippen LogP contribution in [0.4, 0.5) is 5.13 Å². The van der Waals surface area contributed by atoms with Gasteiger partial charge in [0.15, 0.2) is 10.3 Å². The van der Waals surface area contributed by atoms with Crippen LogP contribution in [0, 0.1) is 6.92 Å². The molecular formula is C14H16N4O2S3. The largest absolute Gasteiger partial charge is 0.301 e. The molecule has 0 aromatic carbocycles. The molecule has 6 nitrogen and oxygen atoms in total. The number of nitrogens with one attached hydrogen (secondary N) is 1. The molecule has 23 heavy (non-hydrogen) atoms. The van der Waals surface area contributed by atoms with Crippen molar-refractivity contribution in [3.63, 3.8) is 0 Å². The molecule has 9 heteroatoms. The molecule has 0 unspecified atom stereocenters. The molecule has 0 aliphatic carbocycles. The van der Waals surface area contributed by atoms with Crippen molar-refractivity contribution in [3.8, 4) is 0 Å².